The number of hydrogen-bond acceptors (Lipinski definition) is 6. The van der Waals surface area contributed by atoms with Gasteiger partial charge in [0.2, 0.25) is 15.2 Å². The first-order valence-electron chi connectivity index (χ1n) is 13.0. The average Bonchev–Trinajstić information content (AvgIpc) is 3.51. The number of benzene rings is 3. The Balaban J connectivity index is 1.53. The van der Waals surface area contributed by atoms with Gasteiger partial charge in [0.15, 0.2) is 5.69 Å². The number of carbonyl (C=O) groups is 1. The molecule has 5 aromatic rings. The lowest BCUT2D eigenvalue weighted by Crippen LogP contribution is -2.12. The molecule has 0 spiro atoms. The number of carboxylic acids is 1. The maximum atomic E-state index is 15.0. The van der Waals surface area contributed by atoms with E-state index >= 15 is 4.39 Å². The molecule has 8 nitrogen and oxygen atoms in total. The molecule has 6 rings (SSSR count). The first-order chi connectivity index (χ1) is 20.1. The monoisotopic (exact) mass is 606 g/mol. The molecule has 1 fully saturated rings. The Kier molecular flexibility index (Phi) is 7.21. The van der Waals surface area contributed by atoms with E-state index in [1.165, 1.54) is 41.8 Å². The highest BCUT2D eigenvalue weighted by Crippen LogP contribution is 2.39. The SMILES string of the molecule is NS(=O)(=O)c1ccc(Cc2c(-c3ccc(F)c(-c4cccc(F)c4)c3)nn(-c3nc(C(=O)O)cs3)c2CC2CC2)cc1. The lowest BCUT2D eigenvalue weighted by molar-refractivity contribution is 0.0691. The lowest BCUT2D eigenvalue weighted by atomic mass is 9.95. The number of hydrogen-bond donors (Lipinski definition) is 2. The third kappa shape index (κ3) is 5.73. The Bertz CT molecular complexity index is 1930. The Labute approximate surface area is 244 Å². The van der Waals surface area contributed by atoms with Crippen LogP contribution in [0.3, 0.4) is 0 Å². The van der Waals surface area contributed by atoms with Crippen LogP contribution in [0.2, 0.25) is 0 Å². The summed E-state index contributed by atoms with van der Waals surface area (Å²) in [5.74, 6) is -1.74. The van der Waals surface area contributed by atoms with Gasteiger partial charge in [0.05, 0.1) is 16.3 Å². The van der Waals surface area contributed by atoms with Crippen LogP contribution in [0.25, 0.3) is 27.5 Å². The molecule has 0 saturated heterocycles. The number of halogens is 2. The van der Waals surface area contributed by atoms with Crippen molar-refractivity contribution in [3.8, 4) is 27.5 Å². The van der Waals surface area contributed by atoms with Crippen LogP contribution >= 0.6 is 11.3 Å². The first-order valence-corrected chi connectivity index (χ1v) is 15.5. The number of primary sulfonamides is 1. The predicted molar refractivity (Wildman–Crippen MR) is 154 cm³/mol. The second-order valence-electron chi connectivity index (χ2n) is 10.2. The quantitative estimate of drug-likeness (QED) is 0.217. The molecule has 0 radical (unpaired) electrons. The maximum Gasteiger partial charge on any atom is 0.355 e. The van der Waals surface area contributed by atoms with Crippen LogP contribution in [0.4, 0.5) is 8.78 Å². The largest absolute Gasteiger partial charge is 0.476 e. The fourth-order valence-electron chi connectivity index (χ4n) is 4.88. The van der Waals surface area contributed by atoms with Gasteiger partial charge in [-0.2, -0.15) is 5.10 Å². The molecule has 0 aliphatic heterocycles. The summed E-state index contributed by atoms with van der Waals surface area (Å²) in [6, 6.07) is 16.5. The van der Waals surface area contributed by atoms with Gasteiger partial charge in [-0.05, 0) is 78.8 Å². The predicted octanol–water partition coefficient (Wildman–Crippen LogP) is 5.83. The zero-order valence-corrected chi connectivity index (χ0v) is 23.6. The van der Waals surface area contributed by atoms with E-state index < -0.39 is 27.6 Å². The Morgan fingerprint density at radius 3 is 2.45 bits per heavy atom. The summed E-state index contributed by atoms with van der Waals surface area (Å²) in [7, 11) is -3.87. The van der Waals surface area contributed by atoms with E-state index in [1.807, 2.05) is 0 Å². The zero-order chi connectivity index (χ0) is 29.6. The van der Waals surface area contributed by atoms with Crippen molar-refractivity contribution in [3.05, 3.63) is 106 Å². The van der Waals surface area contributed by atoms with Gasteiger partial charge < -0.3 is 5.11 Å². The molecule has 1 aliphatic rings. The van der Waals surface area contributed by atoms with Gasteiger partial charge >= 0.3 is 5.97 Å². The standard InChI is InChI=1S/C30H24F2N4O4S2/c31-21-3-1-2-19(14-21)23-15-20(8-11-25(23)32)28-24(12-17-6-9-22(10-7-17)42(33,39)40)27(13-18-4-5-18)36(35-28)30-34-26(16-41-30)29(37)38/h1-3,6-11,14-16,18H,4-5,12-13H2,(H,37,38)(H2,33,39,40). The van der Waals surface area contributed by atoms with Crippen LogP contribution in [-0.4, -0.2) is 34.3 Å². The molecular weight excluding hydrogens is 582 g/mol. The van der Waals surface area contributed by atoms with Crippen molar-refractivity contribution >= 4 is 27.3 Å². The summed E-state index contributed by atoms with van der Waals surface area (Å²) < 4.78 is 54.3. The van der Waals surface area contributed by atoms with E-state index in [2.05, 4.69) is 4.98 Å². The van der Waals surface area contributed by atoms with Crippen LogP contribution in [-0.2, 0) is 22.9 Å². The van der Waals surface area contributed by atoms with Crippen molar-refractivity contribution in [2.45, 2.75) is 30.6 Å². The third-order valence-electron chi connectivity index (χ3n) is 7.17. The molecule has 12 heteroatoms. The summed E-state index contributed by atoms with van der Waals surface area (Å²) in [5.41, 5.74) is 4.04. The molecule has 0 bridgehead atoms. The van der Waals surface area contributed by atoms with Gasteiger partial charge in [-0.25, -0.2) is 36.8 Å². The Morgan fingerprint density at radius 1 is 1.05 bits per heavy atom. The van der Waals surface area contributed by atoms with Crippen LogP contribution in [0.1, 0.15) is 40.2 Å². The zero-order valence-electron chi connectivity index (χ0n) is 22.0. The van der Waals surface area contributed by atoms with Gasteiger partial charge in [-0.1, -0.05) is 24.3 Å². The molecule has 0 unspecified atom stereocenters. The topological polar surface area (TPSA) is 128 Å². The number of nitrogens with zero attached hydrogens (tertiary/aromatic N) is 3. The van der Waals surface area contributed by atoms with Crippen LogP contribution in [0.15, 0.2) is 77.0 Å². The average molecular weight is 607 g/mol. The van der Waals surface area contributed by atoms with E-state index in [4.69, 9.17) is 10.2 Å². The minimum atomic E-state index is -3.87. The highest BCUT2D eigenvalue weighted by molar-refractivity contribution is 7.89. The minimum Gasteiger partial charge on any atom is -0.476 e. The second-order valence-corrected chi connectivity index (χ2v) is 12.6. The summed E-state index contributed by atoms with van der Waals surface area (Å²) in [6.07, 6.45) is 3.10. The van der Waals surface area contributed by atoms with Gasteiger partial charge in [0.1, 0.15) is 11.6 Å². The van der Waals surface area contributed by atoms with Crippen LogP contribution in [0.5, 0.6) is 0 Å². The number of aromatic carboxylic acids is 1. The summed E-state index contributed by atoms with van der Waals surface area (Å²) in [5, 5.41) is 21.5. The minimum absolute atomic E-state index is 0.0115. The smallest absolute Gasteiger partial charge is 0.355 e. The number of nitrogens with two attached hydrogens (primary N) is 1. The molecule has 42 heavy (non-hydrogen) atoms. The van der Waals surface area contributed by atoms with Crippen molar-refractivity contribution in [2.75, 3.05) is 0 Å². The molecule has 3 N–H and O–H groups in total. The first kappa shape index (κ1) is 27.9. The molecule has 2 aromatic heterocycles. The molecule has 3 aromatic carbocycles. The van der Waals surface area contributed by atoms with E-state index in [9.17, 15) is 22.7 Å². The van der Waals surface area contributed by atoms with Crippen molar-refractivity contribution in [2.24, 2.45) is 11.1 Å². The van der Waals surface area contributed by atoms with Crippen molar-refractivity contribution in [1.29, 1.82) is 0 Å². The highest BCUT2D eigenvalue weighted by Gasteiger charge is 2.29. The lowest BCUT2D eigenvalue weighted by Gasteiger charge is -2.10. The number of aromatic nitrogens is 3. The Hall–Kier alpha value is -4.26. The molecule has 2 heterocycles. The van der Waals surface area contributed by atoms with E-state index in [1.54, 1.807) is 35.0 Å². The fraction of sp³-hybridized carbons (Fsp3) is 0.167. The van der Waals surface area contributed by atoms with E-state index in [0.29, 0.717) is 40.7 Å². The van der Waals surface area contributed by atoms with Crippen molar-refractivity contribution < 1.29 is 27.1 Å². The Morgan fingerprint density at radius 2 is 1.81 bits per heavy atom. The van der Waals surface area contributed by atoms with Gasteiger partial charge in [0.25, 0.3) is 0 Å². The molecule has 0 atom stereocenters. The van der Waals surface area contributed by atoms with E-state index in [-0.39, 0.29) is 16.2 Å². The molecule has 214 valence electrons. The number of thiazole rings is 1. The third-order valence-corrected chi connectivity index (χ3v) is 8.91. The second kappa shape index (κ2) is 10.9. The fourth-order valence-corrected chi connectivity index (χ4v) is 6.16. The molecular formula is C30H24F2N4O4S2. The number of sulfonamides is 1. The van der Waals surface area contributed by atoms with Gasteiger partial charge in [-0.3, -0.25) is 0 Å². The van der Waals surface area contributed by atoms with E-state index in [0.717, 1.165) is 41.0 Å². The number of rotatable bonds is 9. The van der Waals surface area contributed by atoms with Crippen LogP contribution in [0, 0.1) is 17.6 Å². The molecule has 1 saturated carbocycles. The summed E-state index contributed by atoms with van der Waals surface area (Å²) in [6.45, 7) is 0. The molecule has 1 aliphatic carbocycles. The normalized spacial score (nSPS) is 13.4. The summed E-state index contributed by atoms with van der Waals surface area (Å²) in [4.78, 5) is 15.9. The van der Waals surface area contributed by atoms with Gasteiger partial charge in [-0.15, -0.1) is 11.3 Å². The molecule has 0 amide bonds. The van der Waals surface area contributed by atoms with Crippen molar-refractivity contribution in [3.63, 3.8) is 0 Å². The van der Waals surface area contributed by atoms with Gasteiger partial charge in [0, 0.05) is 28.5 Å². The number of carboxylic acid groups (broad SMARTS) is 1. The van der Waals surface area contributed by atoms with Crippen LogP contribution < -0.4 is 5.14 Å². The summed E-state index contributed by atoms with van der Waals surface area (Å²) >= 11 is 1.15. The van der Waals surface area contributed by atoms with Crippen molar-refractivity contribution in [1.82, 2.24) is 14.8 Å². The highest BCUT2D eigenvalue weighted by atomic mass is 32.2. The maximum absolute atomic E-state index is 15.0.